The third-order valence-electron chi connectivity index (χ3n) is 5.14. The van der Waals surface area contributed by atoms with E-state index in [1.54, 1.807) is 37.4 Å². The van der Waals surface area contributed by atoms with Gasteiger partial charge in [-0.1, -0.05) is 37.0 Å². The molecule has 1 aliphatic heterocycles. The molecule has 2 N–H and O–H groups in total. The average Bonchev–Trinajstić information content (AvgIpc) is 2.80. The molecule has 1 heterocycles. The van der Waals surface area contributed by atoms with Gasteiger partial charge in [0.1, 0.15) is 22.1 Å². The quantitative estimate of drug-likeness (QED) is 0.401. The van der Waals surface area contributed by atoms with Crippen molar-refractivity contribution >= 4 is 38.9 Å². The van der Waals surface area contributed by atoms with E-state index in [2.05, 4.69) is 4.90 Å². The zero-order chi connectivity index (χ0) is 24.4. The van der Waals surface area contributed by atoms with Crippen LogP contribution in [-0.4, -0.2) is 71.1 Å². The van der Waals surface area contributed by atoms with Gasteiger partial charge in [-0.15, -0.1) is 0 Å². The number of benzene rings is 2. The van der Waals surface area contributed by atoms with E-state index in [-0.39, 0.29) is 10.6 Å². The van der Waals surface area contributed by atoms with E-state index in [1.165, 1.54) is 4.31 Å². The van der Waals surface area contributed by atoms with Crippen LogP contribution >= 0.6 is 23.2 Å². The Labute approximate surface area is 207 Å². The second kappa shape index (κ2) is 13.5. The van der Waals surface area contributed by atoms with Gasteiger partial charge in [0, 0.05) is 68.6 Å². The molecule has 0 spiro atoms. The lowest BCUT2D eigenvalue weighted by molar-refractivity contribution is -0.539. The van der Waals surface area contributed by atoms with E-state index < -0.39 is 10.0 Å². The highest BCUT2D eigenvalue weighted by Gasteiger charge is 2.31. The summed E-state index contributed by atoms with van der Waals surface area (Å²) in [5.41, 5.74) is 0.799. The number of nitrogens with two attached hydrogens (primary N) is 1. The van der Waals surface area contributed by atoms with Gasteiger partial charge in [0.15, 0.2) is 0 Å². The standard InChI is InChI=1S/C21H27Cl2N3O4S.C2H6/c1-24-18-4-5-20(30-19-13-16(22)12-17(23)14-19)21(15-18)31(27,28)26-9-7-25(8-10-26)6-3-11-29-2;1-2/h4-5,12-15,24H,3,6-11H2,1-2H3;1-2H3/p+1. The van der Waals surface area contributed by atoms with Gasteiger partial charge < -0.3 is 19.7 Å². The van der Waals surface area contributed by atoms with E-state index in [0.717, 1.165) is 18.7 Å². The third-order valence-corrected chi connectivity index (χ3v) is 7.49. The monoisotopic (exact) mass is 518 g/mol. The van der Waals surface area contributed by atoms with Crippen LogP contribution in [-0.2, 0) is 14.8 Å². The molecule has 0 radical (unpaired) electrons. The molecular weight excluding hydrogens is 485 g/mol. The molecule has 10 heteroatoms. The van der Waals surface area contributed by atoms with Crippen molar-refractivity contribution in [2.75, 3.05) is 53.5 Å². The Morgan fingerprint density at radius 3 is 2.21 bits per heavy atom. The number of nitrogens with zero attached hydrogens (tertiary/aromatic N) is 2. The largest absolute Gasteiger partial charge is 0.456 e. The van der Waals surface area contributed by atoms with E-state index >= 15 is 0 Å². The molecule has 3 rings (SSSR count). The maximum Gasteiger partial charge on any atom is 0.247 e. The SMILES string of the molecule is CC.C[NH2+]c1ccc(Oc2cc(Cl)cc(Cl)c2)c(S(=O)(=O)N2CCN(CCCOC)CC2)c1. The first-order chi connectivity index (χ1) is 15.8. The topological polar surface area (TPSA) is 75.7 Å². The molecule has 0 aliphatic carbocycles. The molecule has 2 aromatic carbocycles. The smallest absolute Gasteiger partial charge is 0.247 e. The number of sulfonamides is 1. The number of hydrogen-bond donors (Lipinski definition) is 1. The van der Waals surface area contributed by atoms with Crippen molar-refractivity contribution in [2.45, 2.75) is 25.2 Å². The molecule has 0 aromatic heterocycles. The van der Waals surface area contributed by atoms with Crippen LogP contribution in [0.3, 0.4) is 0 Å². The minimum atomic E-state index is -3.74. The van der Waals surface area contributed by atoms with Gasteiger partial charge in [-0.25, -0.2) is 8.42 Å². The first-order valence-corrected chi connectivity index (χ1v) is 13.3. The van der Waals surface area contributed by atoms with Crippen molar-refractivity contribution in [2.24, 2.45) is 0 Å². The first-order valence-electron chi connectivity index (χ1n) is 11.1. The number of rotatable bonds is 9. The van der Waals surface area contributed by atoms with Crippen molar-refractivity contribution in [3.63, 3.8) is 0 Å². The molecule has 184 valence electrons. The van der Waals surface area contributed by atoms with Gasteiger partial charge in [0.25, 0.3) is 0 Å². The summed E-state index contributed by atoms with van der Waals surface area (Å²) in [5, 5.41) is 2.68. The summed E-state index contributed by atoms with van der Waals surface area (Å²) in [6, 6.07) is 9.91. The molecule has 0 bridgehead atoms. The van der Waals surface area contributed by atoms with Gasteiger partial charge in [-0.3, -0.25) is 0 Å². The van der Waals surface area contributed by atoms with Crippen LogP contribution < -0.4 is 10.1 Å². The van der Waals surface area contributed by atoms with Crippen molar-refractivity contribution in [1.82, 2.24) is 9.21 Å². The highest BCUT2D eigenvalue weighted by molar-refractivity contribution is 7.89. The summed E-state index contributed by atoms with van der Waals surface area (Å²) >= 11 is 12.1. The highest BCUT2D eigenvalue weighted by Crippen LogP contribution is 2.34. The molecular formula is C23H34Cl2N3O4S+. The molecule has 0 amide bonds. The number of piperazine rings is 1. The van der Waals surface area contributed by atoms with Crippen LogP contribution in [0.25, 0.3) is 0 Å². The maximum absolute atomic E-state index is 13.5. The van der Waals surface area contributed by atoms with Gasteiger partial charge in [-0.2, -0.15) is 4.31 Å². The lowest BCUT2D eigenvalue weighted by Gasteiger charge is -2.34. The van der Waals surface area contributed by atoms with Crippen LogP contribution in [0.15, 0.2) is 41.3 Å². The van der Waals surface area contributed by atoms with Crippen molar-refractivity contribution < 1.29 is 23.2 Å². The predicted molar refractivity (Wildman–Crippen MR) is 134 cm³/mol. The summed E-state index contributed by atoms with van der Waals surface area (Å²) in [6.07, 6.45) is 0.928. The fraction of sp³-hybridized carbons (Fsp3) is 0.478. The predicted octanol–water partition coefficient (Wildman–Crippen LogP) is 3.98. The van der Waals surface area contributed by atoms with E-state index in [1.807, 2.05) is 32.3 Å². The first kappa shape index (κ1) is 27.9. The Kier molecular flexibility index (Phi) is 11.4. The molecule has 0 atom stereocenters. The molecule has 33 heavy (non-hydrogen) atoms. The zero-order valence-electron chi connectivity index (χ0n) is 19.7. The highest BCUT2D eigenvalue weighted by atomic mass is 35.5. The summed E-state index contributed by atoms with van der Waals surface area (Å²) in [5.74, 6) is 0.622. The van der Waals surface area contributed by atoms with Gasteiger partial charge in [-0.05, 0) is 30.7 Å². The minimum absolute atomic E-state index is 0.132. The van der Waals surface area contributed by atoms with Crippen LogP contribution in [0, 0.1) is 0 Å². The molecule has 1 aliphatic rings. The Bertz CT molecular complexity index is 977. The van der Waals surface area contributed by atoms with Crippen LogP contribution in [0.5, 0.6) is 11.5 Å². The zero-order valence-corrected chi connectivity index (χ0v) is 22.0. The number of methoxy groups -OCH3 is 1. The van der Waals surface area contributed by atoms with Gasteiger partial charge in [0.05, 0.1) is 7.05 Å². The third kappa shape index (κ3) is 7.82. The van der Waals surface area contributed by atoms with Gasteiger partial charge >= 0.3 is 0 Å². The molecule has 1 fully saturated rings. The fourth-order valence-corrected chi connectivity index (χ4v) is 5.55. The lowest BCUT2D eigenvalue weighted by atomic mass is 10.3. The second-order valence-electron chi connectivity index (χ2n) is 7.29. The Morgan fingerprint density at radius 1 is 1.00 bits per heavy atom. The van der Waals surface area contributed by atoms with E-state index in [0.29, 0.717) is 48.6 Å². The van der Waals surface area contributed by atoms with E-state index in [9.17, 15) is 8.42 Å². The summed E-state index contributed by atoms with van der Waals surface area (Å²) < 4.78 is 39.6. The summed E-state index contributed by atoms with van der Waals surface area (Å²) in [7, 11) is -0.196. The molecule has 0 unspecified atom stereocenters. The second-order valence-corrected chi connectivity index (χ2v) is 10.1. The maximum atomic E-state index is 13.5. The number of ether oxygens (including phenoxy) is 2. The Balaban J connectivity index is 0.00000187. The Morgan fingerprint density at radius 2 is 1.64 bits per heavy atom. The number of halogens is 2. The van der Waals surface area contributed by atoms with Crippen LogP contribution in [0.1, 0.15) is 20.3 Å². The minimum Gasteiger partial charge on any atom is -0.456 e. The summed E-state index contributed by atoms with van der Waals surface area (Å²) in [6.45, 7) is 7.82. The molecule has 1 saturated heterocycles. The molecule has 2 aromatic rings. The fourth-order valence-electron chi connectivity index (χ4n) is 3.47. The van der Waals surface area contributed by atoms with Crippen molar-refractivity contribution in [1.29, 1.82) is 0 Å². The molecule has 7 nitrogen and oxygen atoms in total. The van der Waals surface area contributed by atoms with Gasteiger partial charge in [0.2, 0.25) is 10.0 Å². The Hall–Kier alpha value is -1.39. The molecule has 0 saturated carbocycles. The van der Waals surface area contributed by atoms with Crippen LogP contribution in [0.2, 0.25) is 10.0 Å². The van der Waals surface area contributed by atoms with E-state index in [4.69, 9.17) is 32.7 Å². The number of quaternary nitrogens is 1. The van der Waals surface area contributed by atoms with Crippen LogP contribution in [0.4, 0.5) is 5.69 Å². The summed E-state index contributed by atoms with van der Waals surface area (Å²) in [4.78, 5) is 2.39. The van der Waals surface area contributed by atoms with Crippen molar-refractivity contribution in [3.05, 3.63) is 46.4 Å². The number of hydrogen-bond acceptors (Lipinski definition) is 5. The average molecular weight is 520 g/mol. The normalized spacial score (nSPS) is 15.1. The lowest BCUT2D eigenvalue weighted by Crippen LogP contribution is -2.72. The van der Waals surface area contributed by atoms with Crippen molar-refractivity contribution in [3.8, 4) is 11.5 Å².